The molecule has 0 aliphatic carbocycles. The summed E-state index contributed by atoms with van der Waals surface area (Å²) in [4.78, 5) is 11.0. The molecular weight excluding hydrogens is 208 g/mol. The molecule has 0 radical (unpaired) electrons. The summed E-state index contributed by atoms with van der Waals surface area (Å²) < 4.78 is 5.25. The highest BCUT2D eigenvalue weighted by Gasteiger charge is 2.22. The average molecular weight is 228 g/mol. The van der Waals surface area contributed by atoms with Gasteiger partial charge in [-0.1, -0.05) is 0 Å². The molecule has 1 fully saturated rings. The van der Waals surface area contributed by atoms with Crippen LogP contribution in [0.5, 0.6) is 0 Å². The minimum atomic E-state index is -0.950. The van der Waals surface area contributed by atoms with Crippen molar-refractivity contribution in [2.45, 2.75) is 25.3 Å². The maximum Gasteiger partial charge on any atom is 0.334 e. The number of ether oxygens (including phenoxy) is 1. The van der Waals surface area contributed by atoms with Gasteiger partial charge in [-0.3, -0.25) is 0 Å². The average Bonchev–Trinajstić information content (AvgIpc) is 2.26. The monoisotopic (exact) mass is 228 g/mol. The van der Waals surface area contributed by atoms with Crippen LogP contribution < -0.4 is 11.1 Å². The lowest BCUT2D eigenvalue weighted by atomic mass is 9.90. The predicted molar refractivity (Wildman–Crippen MR) is 60.9 cm³/mol. The van der Waals surface area contributed by atoms with Crippen LogP contribution in [0, 0.1) is 5.92 Å². The van der Waals surface area contributed by atoms with Crippen LogP contribution >= 0.6 is 0 Å². The highest BCUT2D eigenvalue weighted by Crippen LogP contribution is 2.21. The third-order valence-electron chi connectivity index (χ3n) is 2.87. The molecule has 1 saturated heterocycles. The molecule has 1 aliphatic heterocycles. The fraction of sp³-hybridized carbons (Fsp3) is 0.727. The summed E-state index contributed by atoms with van der Waals surface area (Å²) in [5.41, 5.74) is 6.15. The fourth-order valence-corrected chi connectivity index (χ4v) is 1.95. The Kier molecular flexibility index (Phi) is 5.28. The van der Waals surface area contributed by atoms with Gasteiger partial charge in [-0.05, 0) is 25.2 Å². The highest BCUT2D eigenvalue weighted by molar-refractivity contribution is 5.87. The van der Waals surface area contributed by atoms with Crippen molar-refractivity contribution in [1.82, 2.24) is 5.32 Å². The molecule has 0 aromatic heterocycles. The van der Waals surface area contributed by atoms with Crippen molar-refractivity contribution >= 4 is 5.97 Å². The minimum Gasteiger partial charge on any atom is -0.478 e. The Balaban J connectivity index is 2.50. The van der Waals surface area contributed by atoms with E-state index < -0.39 is 12.0 Å². The van der Waals surface area contributed by atoms with E-state index in [0.717, 1.165) is 26.1 Å². The number of nitrogens with one attached hydrogen (secondary N) is 1. The van der Waals surface area contributed by atoms with E-state index in [0.29, 0.717) is 12.3 Å². The Bertz CT molecular complexity index is 260. The Labute approximate surface area is 95.7 Å². The van der Waals surface area contributed by atoms with Crippen LogP contribution in [0.1, 0.15) is 19.3 Å². The number of hydrogen-bond donors (Lipinski definition) is 3. The summed E-state index contributed by atoms with van der Waals surface area (Å²) >= 11 is 0. The molecule has 1 atom stereocenters. The van der Waals surface area contributed by atoms with E-state index >= 15 is 0 Å². The van der Waals surface area contributed by atoms with Gasteiger partial charge < -0.3 is 20.9 Å². The van der Waals surface area contributed by atoms with E-state index in [1.54, 1.807) is 7.05 Å². The first kappa shape index (κ1) is 13.0. The lowest BCUT2D eigenvalue weighted by molar-refractivity contribution is -0.133. The molecule has 1 aliphatic rings. The van der Waals surface area contributed by atoms with E-state index in [4.69, 9.17) is 15.6 Å². The largest absolute Gasteiger partial charge is 0.478 e. The summed E-state index contributed by atoms with van der Waals surface area (Å²) in [6.07, 6.45) is 4.12. The van der Waals surface area contributed by atoms with Crippen molar-refractivity contribution in [2.75, 3.05) is 20.3 Å². The van der Waals surface area contributed by atoms with Crippen molar-refractivity contribution in [3.05, 3.63) is 11.8 Å². The zero-order valence-corrected chi connectivity index (χ0v) is 9.61. The second kappa shape index (κ2) is 6.50. The number of carboxylic acid groups (broad SMARTS) is 1. The second-order valence-corrected chi connectivity index (χ2v) is 4.09. The van der Waals surface area contributed by atoms with Crippen molar-refractivity contribution in [3.63, 3.8) is 0 Å². The minimum absolute atomic E-state index is 0.244. The number of hydrogen-bond acceptors (Lipinski definition) is 4. The first-order valence-corrected chi connectivity index (χ1v) is 5.59. The molecule has 4 N–H and O–H groups in total. The molecular formula is C11H20N2O3. The van der Waals surface area contributed by atoms with E-state index in [1.165, 1.54) is 6.20 Å². The van der Waals surface area contributed by atoms with E-state index in [9.17, 15) is 4.79 Å². The first-order valence-electron chi connectivity index (χ1n) is 5.59. The van der Waals surface area contributed by atoms with Crippen molar-refractivity contribution in [3.8, 4) is 0 Å². The lowest BCUT2D eigenvalue weighted by Gasteiger charge is -2.25. The zero-order chi connectivity index (χ0) is 12.0. The Hall–Kier alpha value is -1.07. The number of aliphatic carboxylic acids is 1. The van der Waals surface area contributed by atoms with Crippen LogP contribution in [0.25, 0.3) is 0 Å². The number of rotatable bonds is 5. The van der Waals surface area contributed by atoms with E-state index in [1.807, 2.05) is 0 Å². The highest BCUT2D eigenvalue weighted by atomic mass is 16.5. The molecule has 16 heavy (non-hydrogen) atoms. The van der Waals surface area contributed by atoms with Crippen molar-refractivity contribution in [1.29, 1.82) is 0 Å². The Morgan fingerprint density at radius 3 is 2.75 bits per heavy atom. The summed E-state index contributed by atoms with van der Waals surface area (Å²) in [5, 5.41) is 11.7. The number of carbonyl (C=O) groups is 1. The summed E-state index contributed by atoms with van der Waals surface area (Å²) in [6.45, 7) is 1.52. The molecule has 5 heteroatoms. The molecule has 0 spiro atoms. The maximum absolute atomic E-state index is 11.0. The number of carboxylic acids is 1. The topological polar surface area (TPSA) is 84.6 Å². The molecule has 0 amide bonds. The Morgan fingerprint density at radius 1 is 1.62 bits per heavy atom. The van der Waals surface area contributed by atoms with E-state index in [2.05, 4.69) is 5.32 Å². The number of nitrogens with two attached hydrogens (primary N) is 1. The second-order valence-electron chi connectivity index (χ2n) is 4.09. The summed E-state index contributed by atoms with van der Waals surface area (Å²) in [6, 6.07) is -0.409. The SMILES string of the molecule is CN/C=C(/C(=O)O)C(N)CC1CCOCC1. The Morgan fingerprint density at radius 2 is 2.25 bits per heavy atom. The van der Waals surface area contributed by atoms with Crippen LogP contribution in [0.3, 0.4) is 0 Å². The normalized spacial score (nSPS) is 20.5. The fourth-order valence-electron chi connectivity index (χ4n) is 1.95. The van der Waals surface area contributed by atoms with Gasteiger partial charge in [0.05, 0.1) is 5.57 Å². The van der Waals surface area contributed by atoms with Crippen LogP contribution in [0.15, 0.2) is 11.8 Å². The third-order valence-corrected chi connectivity index (χ3v) is 2.87. The van der Waals surface area contributed by atoms with Crippen molar-refractivity contribution < 1.29 is 14.6 Å². The quantitative estimate of drug-likeness (QED) is 0.590. The smallest absolute Gasteiger partial charge is 0.334 e. The van der Waals surface area contributed by atoms with Gasteiger partial charge in [0.2, 0.25) is 0 Å². The van der Waals surface area contributed by atoms with Gasteiger partial charge in [-0.15, -0.1) is 0 Å². The molecule has 1 unspecified atom stereocenters. The molecule has 1 heterocycles. The van der Waals surface area contributed by atoms with Gasteiger partial charge in [-0.2, -0.15) is 0 Å². The van der Waals surface area contributed by atoms with Crippen LogP contribution in [-0.2, 0) is 9.53 Å². The maximum atomic E-state index is 11.0. The molecule has 0 aromatic rings. The van der Waals surface area contributed by atoms with Gasteiger partial charge in [-0.25, -0.2) is 4.79 Å². The molecule has 92 valence electrons. The summed E-state index contributed by atoms with van der Waals surface area (Å²) in [5.74, 6) is -0.475. The lowest BCUT2D eigenvalue weighted by Crippen LogP contribution is -2.32. The molecule has 0 aromatic carbocycles. The molecule has 0 bridgehead atoms. The molecule has 0 saturated carbocycles. The van der Waals surface area contributed by atoms with Crippen LogP contribution in [0.2, 0.25) is 0 Å². The van der Waals surface area contributed by atoms with Gasteiger partial charge in [0.1, 0.15) is 0 Å². The standard InChI is InChI=1S/C11H20N2O3/c1-13-7-9(11(14)15)10(12)6-8-2-4-16-5-3-8/h7-8,10,13H,2-6,12H2,1H3,(H,14,15)/b9-7+. The first-order chi connectivity index (χ1) is 7.65. The van der Waals surface area contributed by atoms with Gasteiger partial charge in [0.25, 0.3) is 0 Å². The third kappa shape index (κ3) is 3.83. The molecule has 1 rings (SSSR count). The van der Waals surface area contributed by atoms with Gasteiger partial charge in [0.15, 0.2) is 0 Å². The van der Waals surface area contributed by atoms with Crippen LogP contribution in [-0.4, -0.2) is 37.4 Å². The van der Waals surface area contributed by atoms with Gasteiger partial charge >= 0.3 is 5.97 Å². The van der Waals surface area contributed by atoms with Gasteiger partial charge in [0, 0.05) is 32.5 Å². The predicted octanol–water partition coefficient (Wildman–Crippen LogP) is 0.318. The van der Waals surface area contributed by atoms with Crippen molar-refractivity contribution in [2.24, 2.45) is 11.7 Å². The van der Waals surface area contributed by atoms with Crippen LogP contribution in [0.4, 0.5) is 0 Å². The summed E-state index contributed by atoms with van der Waals surface area (Å²) in [7, 11) is 1.67. The molecule has 5 nitrogen and oxygen atoms in total. The zero-order valence-electron chi connectivity index (χ0n) is 9.61. The van der Waals surface area contributed by atoms with E-state index in [-0.39, 0.29) is 5.57 Å².